The van der Waals surface area contributed by atoms with Crippen LogP contribution < -0.4 is 4.74 Å². The molecular formula is C23H22N2O4. The summed E-state index contributed by atoms with van der Waals surface area (Å²) in [6.07, 6.45) is 11.7. The van der Waals surface area contributed by atoms with E-state index in [0.29, 0.717) is 11.5 Å². The lowest BCUT2D eigenvalue weighted by atomic mass is 9.92. The number of hydrogen-bond acceptors (Lipinski definition) is 5. The number of carbonyl (C=O) groups excluding carboxylic acids is 1. The first kappa shape index (κ1) is 18.9. The first-order chi connectivity index (χ1) is 14.2. The molecular weight excluding hydrogens is 368 g/mol. The Morgan fingerprint density at radius 1 is 1.17 bits per heavy atom. The number of benzene rings is 1. The summed E-state index contributed by atoms with van der Waals surface area (Å²) in [5, 5.41) is 3.89. The molecule has 1 amide bonds. The summed E-state index contributed by atoms with van der Waals surface area (Å²) in [6.45, 7) is 0.615. The SMILES string of the molecule is C#CCN(Cc1ccco1)C(=O)c1cc(COc2ccc3c(c2)CCCC3)on1. The van der Waals surface area contributed by atoms with Gasteiger partial charge in [-0.15, -0.1) is 6.42 Å². The predicted octanol–water partition coefficient (Wildman–Crippen LogP) is 4.00. The van der Waals surface area contributed by atoms with Gasteiger partial charge in [-0.25, -0.2) is 0 Å². The third-order valence-electron chi connectivity index (χ3n) is 4.98. The molecule has 4 rings (SSSR count). The lowest BCUT2D eigenvalue weighted by Gasteiger charge is -2.17. The van der Waals surface area contributed by atoms with Crippen molar-refractivity contribution in [3.05, 3.63) is 71.0 Å². The van der Waals surface area contributed by atoms with Crippen molar-refractivity contribution >= 4 is 5.91 Å². The van der Waals surface area contributed by atoms with Gasteiger partial charge in [0.15, 0.2) is 11.5 Å². The number of carbonyl (C=O) groups is 1. The van der Waals surface area contributed by atoms with Crippen LogP contribution >= 0.6 is 0 Å². The van der Waals surface area contributed by atoms with Gasteiger partial charge in [0.05, 0.1) is 19.4 Å². The van der Waals surface area contributed by atoms with Crippen LogP contribution in [0.25, 0.3) is 0 Å². The Bertz CT molecular complexity index is 1010. The van der Waals surface area contributed by atoms with Gasteiger partial charge in [0.25, 0.3) is 5.91 Å². The third kappa shape index (κ3) is 4.52. The Morgan fingerprint density at radius 3 is 2.83 bits per heavy atom. The molecule has 0 saturated heterocycles. The quantitative estimate of drug-likeness (QED) is 0.571. The number of rotatable bonds is 7. The second-order valence-corrected chi connectivity index (χ2v) is 7.05. The maximum absolute atomic E-state index is 12.7. The molecule has 0 atom stereocenters. The van der Waals surface area contributed by atoms with Crippen LogP contribution in [-0.2, 0) is 26.0 Å². The normalized spacial score (nSPS) is 12.8. The number of aromatic nitrogens is 1. The second-order valence-electron chi connectivity index (χ2n) is 7.05. The van der Waals surface area contributed by atoms with Crippen LogP contribution in [0.15, 0.2) is 51.6 Å². The largest absolute Gasteiger partial charge is 0.486 e. The van der Waals surface area contributed by atoms with Crippen molar-refractivity contribution in [3.63, 3.8) is 0 Å². The standard InChI is InChI=1S/C23H22N2O4/c1-2-11-25(15-20-8-5-12-27-20)23(26)22-14-21(29-24-22)16-28-19-10-9-17-6-3-4-7-18(17)13-19/h1,5,8-10,12-14H,3-4,6-7,11,15-16H2. The van der Waals surface area contributed by atoms with Gasteiger partial charge >= 0.3 is 0 Å². The van der Waals surface area contributed by atoms with E-state index in [1.165, 1.54) is 28.9 Å². The van der Waals surface area contributed by atoms with Crippen LogP contribution in [0.3, 0.4) is 0 Å². The number of nitrogens with zero attached hydrogens (tertiary/aromatic N) is 2. The van der Waals surface area contributed by atoms with Gasteiger partial charge in [0.1, 0.15) is 18.1 Å². The van der Waals surface area contributed by atoms with E-state index >= 15 is 0 Å². The number of furan rings is 1. The molecule has 0 N–H and O–H groups in total. The molecule has 0 spiro atoms. The molecule has 0 aliphatic heterocycles. The van der Waals surface area contributed by atoms with Crippen LogP contribution in [-0.4, -0.2) is 22.5 Å². The summed E-state index contributed by atoms with van der Waals surface area (Å²) >= 11 is 0. The average molecular weight is 390 g/mol. The molecule has 0 bridgehead atoms. The highest BCUT2D eigenvalue weighted by atomic mass is 16.5. The molecule has 2 aromatic heterocycles. The molecule has 0 saturated carbocycles. The maximum atomic E-state index is 12.7. The number of hydrogen-bond donors (Lipinski definition) is 0. The van der Waals surface area contributed by atoms with E-state index in [2.05, 4.69) is 23.2 Å². The Morgan fingerprint density at radius 2 is 2.03 bits per heavy atom. The van der Waals surface area contributed by atoms with E-state index in [-0.39, 0.29) is 31.3 Å². The first-order valence-corrected chi connectivity index (χ1v) is 9.68. The molecule has 6 heteroatoms. The van der Waals surface area contributed by atoms with Gasteiger partial charge in [0.2, 0.25) is 0 Å². The minimum Gasteiger partial charge on any atom is -0.486 e. The van der Waals surface area contributed by atoms with Crippen LogP contribution in [0.5, 0.6) is 5.75 Å². The van der Waals surface area contributed by atoms with Crippen LogP contribution in [0.2, 0.25) is 0 Å². The lowest BCUT2D eigenvalue weighted by molar-refractivity contribution is 0.0744. The predicted molar refractivity (Wildman–Crippen MR) is 106 cm³/mol. The summed E-state index contributed by atoms with van der Waals surface area (Å²) in [7, 11) is 0. The van der Waals surface area contributed by atoms with Crippen molar-refractivity contribution in [3.8, 4) is 18.1 Å². The number of aryl methyl sites for hydroxylation is 2. The van der Waals surface area contributed by atoms with Gasteiger partial charge in [-0.3, -0.25) is 4.79 Å². The molecule has 0 fully saturated rings. The number of terminal acetylenes is 1. The van der Waals surface area contributed by atoms with Crippen molar-refractivity contribution in [2.45, 2.75) is 38.8 Å². The fraction of sp³-hybridized carbons (Fsp3) is 0.304. The van der Waals surface area contributed by atoms with E-state index in [1.54, 1.807) is 24.5 Å². The summed E-state index contributed by atoms with van der Waals surface area (Å²) in [5.41, 5.74) is 2.95. The molecule has 29 heavy (non-hydrogen) atoms. The molecule has 1 aliphatic carbocycles. The number of ether oxygens (including phenoxy) is 1. The smallest absolute Gasteiger partial charge is 0.277 e. The molecule has 3 aromatic rings. The van der Waals surface area contributed by atoms with E-state index in [0.717, 1.165) is 18.6 Å². The highest BCUT2D eigenvalue weighted by Gasteiger charge is 2.21. The molecule has 0 radical (unpaired) electrons. The zero-order valence-corrected chi connectivity index (χ0v) is 16.1. The van der Waals surface area contributed by atoms with E-state index in [4.69, 9.17) is 20.1 Å². The van der Waals surface area contributed by atoms with Crippen molar-refractivity contribution in [2.24, 2.45) is 0 Å². The Kier molecular flexibility index (Phi) is 5.66. The number of fused-ring (bicyclic) bond motifs is 1. The van der Waals surface area contributed by atoms with Gasteiger partial charge in [-0.1, -0.05) is 17.1 Å². The molecule has 148 valence electrons. The molecule has 0 unspecified atom stereocenters. The van der Waals surface area contributed by atoms with E-state index in [1.807, 2.05) is 6.07 Å². The van der Waals surface area contributed by atoms with Crippen molar-refractivity contribution in [2.75, 3.05) is 6.54 Å². The lowest BCUT2D eigenvalue weighted by Crippen LogP contribution is -2.31. The van der Waals surface area contributed by atoms with Gasteiger partial charge in [-0.2, -0.15) is 0 Å². The monoisotopic (exact) mass is 390 g/mol. The molecule has 2 heterocycles. The molecule has 1 aromatic carbocycles. The van der Waals surface area contributed by atoms with E-state index in [9.17, 15) is 4.79 Å². The van der Waals surface area contributed by atoms with Crippen LogP contribution in [0.1, 0.15) is 46.0 Å². The molecule has 6 nitrogen and oxygen atoms in total. The second kappa shape index (κ2) is 8.70. The Labute approximate surface area is 169 Å². The van der Waals surface area contributed by atoms with Crippen LogP contribution in [0, 0.1) is 12.3 Å². The fourth-order valence-electron chi connectivity index (χ4n) is 3.50. The average Bonchev–Trinajstić information content (AvgIpc) is 3.43. The van der Waals surface area contributed by atoms with Crippen molar-refractivity contribution in [1.82, 2.24) is 10.1 Å². The van der Waals surface area contributed by atoms with Crippen LogP contribution in [0.4, 0.5) is 0 Å². The van der Waals surface area contributed by atoms with Gasteiger partial charge in [-0.05, 0) is 61.1 Å². The summed E-state index contributed by atoms with van der Waals surface area (Å²) in [5.74, 6) is 4.09. The van der Waals surface area contributed by atoms with E-state index < -0.39 is 0 Å². The fourth-order valence-corrected chi connectivity index (χ4v) is 3.50. The Hall–Kier alpha value is -3.46. The van der Waals surface area contributed by atoms with Crippen molar-refractivity contribution in [1.29, 1.82) is 0 Å². The Balaban J connectivity index is 1.39. The minimum absolute atomic E-state index is 0.146. The first-order valence-electron chi connectivity index (χ1n) is 9.68. The van der Waals surface area contributed by atoms with Gasteiger partial charge < -0.3 is 18.6 Å². The molecule has 1 aliphatic rings. The zero-order valence-electron chi connectivity index (χ0n) is 16.1. The summed E-state index contributed by atoms with van der Waals surface area (Å²) in [4.78, 5) is 14.2. The van der Waals surface area contributed by atoms with Crippen molar-refractivity contribution < 1.29 is 18.5 Å². The summed E-state index contributed by atoms with van der Waals surface area (Å²) < 4.78 is 16.4. The highest BCUT2D eigenvalue weighted by molar-refractivity contribution is 5.92. The number of amides is 1. The third-order valence-corrected chi connectivity index (χ3v) is 4.98. The minimum atomic E-state index is -0.317. The highest BCUT2D eigenvalue weighted by Crippen LogP contribution is 2.26. The summed E-state index contributed by atoms with van der Waals surface area (Å²) in [6, 6.07) is 11.3. The van der Waals surface area contributed by atoms with Gasteiger partial charge in [0, 0.05) is 6.07 Å². The topological polar surface area (TPSA) is 68.7 Å². The maximum Gasteiger partial charge on any atom is 0.277 e. The zero-order chi connectivity index (χ0) is 20.1.